The first-order chi connectivity index (χ1) is 15.6. The summed E-state index contributed by atoms with van der Waals surface area (Å²) < 4.78 is 42.3. The Labute approximate surface area is 196 Å². The highest BCUT2D eigenvalue weighted by Gasteiger charge is 2.37. The molecule has 4 rings (SSSR count). The van der Waals surface area contributed by atoms with E-state index in [2.05, 4.69) is 31.9 Å². The van der Waals surface area contributed by atoms with Crippen LogP contribution in [0.2, 0.25) is 0 Å². The molecule has 1 amide bonds. The summed E-state index contributed by atoms with van der Waals surface area (Å²) in [5.41, 5.74) is -1.08. The minimum atomic E-state index is -4.54. The molecule has 0 bridgehead atoms. The molecular formula is C23H30F3N5OS. The summed E-state index contributed by atoms with van der Waals surface area (Å²) >= 11 is 1.29. The lowest BCUT2D eigenvalue weighted by Crippen LogP contribution is -2.35. The third-order valence-electron chi connectivity index (χ3n) is 6.21. The van der Waals surface area contributed by atoms with E-state index >= 15 is 0 Å². The van der Waals surface area contributed by atoms with Crippen LogP contribution in [-0.4, -0.2) is 39.0 Å². The number of rotatable bonds is 7. The number of nitrogens with zero attached hydrogens (tertiary/aromatic N) is 4. The van der Waals surface area contributed by atoms with Gasteiger partial charge in [-0.25, -0.2) is 0 Å². The number of aromatic nitrogens is 3. The molecule has 2 heterocycles. The van der Waals surface area contributed by atoms with Gasteiger partial charge in [0.2, 0.25) is 11.9 Å². The molecule has 2 aliphatic rings. The van der Waals surface area contributed by atoms with E-state index < -0.39 is 22.9 Å². The zero-order valence-corrected chi connectivity index (χ0v) is 19.9. The molecule has 1 aromatic carbocycles. The average Bonchev–Trinajstić information content (AvgIpc) is 3.51. The minimum Gasteiger partial charge on any atom is -0.341 e. The highest BCUT2D eigenvalue weighted by molar-refractivity contribution is 8.00. The molecule has 1 saturated carbocycles. The second-order valence-corrected chi connectivity index (χ2v) is 10.5. The Balaban J connectivity index is 1.55. The number of anilines is 2. The Kier molecular flexibility index (Phi) is 6.93. The molecular weight excluding hydrogens is 451 g/mol. The van der Waals surface area contributed by atoms with Crippen molar-refractivity contribution in [3.05, 3.63) is 29.8 Å². The average molecular weight is 482 g/mol. The van der Waals surface area contributed by atoms with E-state index in [0.717, 1.165) is 50.8 Å². The molecule has 1 aliphatic heterocycles. The van der Waals surface area contributed by atoms with Crippen LogP contribution in [0.5, 0.6) is 0 Å². The smallest absolute Gasteiger partial charge is 0.341 e. The molecule has 1 aromatic heterocycles. The topological polar surface area (TPSA) is 63.1 Å². The molecule has 1 unspecified atom stereocenters. The largest absolute Gasteiger partial charge is 0.418 e. The van der Waals surface area contributed by atoms with Crippen molar-refractivity contribution in [2.24, 2.45) is 11.8 Å². The molecule has 1 N–H and O–H groups in total. The van der Waals surface area contributed by atoms with Crippen molar-refractivity contribution in [2.75, 3.05) is 23.3 Å². The van der Waals surface area contributed by atoms with Crippen LogP contribution >= 0.6 is 11.8 Å². The predicted octanol–water partition coefficient (Wildman–Crippen LogP) is 5.62. The molecule has 0 radical (unpaired) electrons. The summed E-state index contributed by atoms with van der Waals surface area (Å²) in [6.45, 7) is 7.89. The lowest BCUT2D eigenvalue weighted by molar-refractivity contribution is -0.137. The van der Waals surface area contributed by atoms with E-state index in [0.29, 0.717) is 17.1 Å². The Morgan fingerprint density at radius 1 is 1.12 bits per heavy atom. The first kappa shape index (κ1) is 23.9. The van der Waals surface area contributed by atoms with Crippen LogP contribution in [0.4, 0.5) is 24.8 Å². The van der Waals surface area contributed by atoms with Crippen LogP contribution in [0.3, 0.4) is 0 Å². The molecule has 10 heteroatoms. The molecule has 33 heavy (non-hydrogen) atoms. The van der Waals surface area contributed by atoms with Gasteiger partial charge in [-0.2, -0.15) is 13.2 Å². The molecule has 2 fully saturated rings. The zero-order valence-electron chi connectivity index (χ0n) is 19.1. The van der Waals surface area contributed by atoms with Crippen molar-refractivity contribution in [1.29, 1.82) is 0 Å². The molecule has 6 nitrogen and oxygen atoms in total. The lowest BCUT2D eigenvalue weighted by atomic mass is 10.00. The van der Waals surface area contributed by atoms with Crippen molar-refractivity contribution in [2.45, 2.75) is 69.1 Å². The van der Waals surface area contributed by atoms with E-state index in [1.165, 1.54) is 30.0 Å². The van der Waals surface area contributed by atoms with E-state index in [1.54, 1.807) is 0 Å². The van der Waals surface area contributed by atoms with Crippen molar-refractivity contribution in [1.82, 2.24) is 14.8 Å². The van der Waals surface area contributed by atoms with Gasteiger partial charge >= 0.3 is 6.18 Å². The summed E-state index contributed by atoms with van der Waals surface area (Å²) in [4.78, 5) is 15.4. The number of piperidine rings is 1. The number of benzene rings is 1. The summed E-state index contributed by atoms with van der Waals surface area (Å²) in [6.07, 6.45) is -0.247. The van der Waals surface area contributed by atoms with Crippen molar-refractivity contribution in [3.8, 4) is 0 Å². The Hall–Kier alpha value is -2.23. The molecule has 1 aliphatic carbocycles. The van der Waals surface area contributed by atoms with Crippen molar-refractivity contribution in [3.63, 3.8) is 0 Å². The van der Waals surface area contributed by atoms with Gasteiger partial charge in [-0.15, -0.1) is 10.2 Å². The fraction of sp³-hybridized carbons (Fsp3) is 0.609. The number of carbonyl (C=O) groups is 1. The van der Waals surface area contributed by atoms with E-state index in [1.807, 2.05) is 13.8 Å². The van der Waals surface area contributed by atoms with Crippen LogP contribution in [0.25, 0.3) is 0 Å². The number of hydrogen-bond acceptors (Lipinski definition) is 5. The third-order valence-corrected chi connectivity index (χ3v) is 7.71. The number of halogens is 3. The van der Waals surface area contributed by atoms with Gasteiger partial charge in [0.1, 0.15) is 0 Å². The summed E-state index contributed by atoms with van der Waals surface area (Å²) in [5, 5.41) is 11.4. The number of amides is 1. The predicted molar refractivity (Wildman–Crippen MR) is 123 cm³/mol. The second kappa shape index (κ2) is 9.56. The number of thioether (sulfide) groups is 1. The maximum absolute atomic E-state index is 13.4. The Bertz CT molecular complexity index is 981. The van der Waals surface area contributed by atoms with Crippen LogP contribution in [-0.2, 0) is 11.0 Å². The third kappa shape index (κ3) is 5.47. The van der Waals surface area contributed by atoms with Gasteiger partial charge in [-0.3, -0.25) is 9.36 Å². The zero-order chi connectivity index (χ0) is 23.8. The fourth-order valence-electron chi connectivity index (χ4n) is 4.08. The van der Waals surface area contributed by atoms with Gasteiger partial charge in [0.15, 0.2) is 5.16 Å². The molecule has 180 valence electrons. The van der Waals surface area contributed by atoms with Crippen LogP contribution in [0.15, 0.2) is 29.4 Å². The molecule has 1 atom stereocenters. The highest BCUT2D eigenvalue weighted by atomic mass is 32.2. The number of para-hydroxylation sites is 1. The second-order valence-electron chi connectivity index (χ2n) is 9.37. The van der Waals surface area contributed by atoms with E-state index in [4.69, 9.17) is 0 Å². The van der Waals surface area contributed by atoms with Gasteiger partial charge in [-0.05, 0) is 49.7 Å². The van der Waals surface area contributed by atoms with Crippen molar-refractivity contribution < 1.29 is 18.0 Å². The van der Waals surface area contributed by atoms with Crippen LogP contribution in [0.1, 0.15) is 58.1 Å². The molecule has 1 saturated heterocycles. The van der Waals surface area contributed by atoms with Crippen LogP contribution in [0, 0.1) is 11.8 Å². The van der Waals surface area contributed by atoms with Crippen molar-refractivity contribution >= 4 is 29.3 Å². The number of hydrogen-bond donors (Lipinski definition) is 1. The van der Waals surface area contributed by atoms with Gasteiger partial charge in [0.05, 0.1) is 16.5 Å². The van der Waals surface area contributed by atoms with Gasteiger partial charge in [0, 0.05) is 19.1 Å². The summed E-state index contributed by atoms with van der Waals surface area (Å²) in [7, 11) is 0. The standard InChI is InChI=1S/C23H30F3N5OS/c1-14(2)19(20(32)27-18-7-5-4-6-17(18)23(24,25)26)33-22-29-28-21(31(22)16-8-9-16)30-12-10-15(3)11-13-30/h4-7,14-16,19H,8-13H2,1-3H3,(H,27,32). The molecule has 2 aromatic rings. The first-order valence-electron chi connectivity index (χ1n) is 11.5. The first-order valence-corrected chi connectivity index (χ1v) is 12.4. The highest BCUT2D eigenvalue weighted by Crippen LogP contribution is 2.43. The van der Waals surface area contributed by atoms with Gasteiger partial charge in [-0.1, -0.05) is 44.7 Å². The van der Waals surface area contributed by atoms with E-state index in [-0.39, 0.29) is 11.6 Å². The quantitative estimate of drug-likeness (QED) is 0.520. The molecule has 0 spiro atoms. The van der Waals surface area contributed by atoms with Gasteiger partial charge < -0.3 is 10.2 Å². The fourth-order valence-corrected chi connectivity index (χ4v) is 5.17. The summed E-state index contributed by atoms with van der Waals surface area (Å²) in [6, 6.07) is 5.37. The number of carbonyl (C=O) groups excluding carboxylic acids is 1. The number of alkyl halides is 3. The van der Waals surface area contributed by atoms with Gasteiger partial charge in [0.25, 0.3) is 0 Å². The maximum Gasteiger partial charge on any atom is 0.418 e. The SMILES string of the molecule is CC1CCN(c2nnc(SC(C(=O)Nc3ccccc3C(F)(F)F)C(C)C)n2C2CC2)CC1. The van der Waals surface area contributed by atoms with Crippen LogP contribution < -0.4 is 10.2 Å². The monoisotopic (exact) mass is 481 g/mol. The number of nitrogens with one attached hydrogen (secondary N) is 1. The Morgan fingerprint density at radius 3 is 2.39 bits per heavy atom. The maximum atomic E-state index is 13.4. The minimum absolute atomic E-state index is 0.114. The normalized spacial score (nSPS) is 18.6. The van der Waals surface area contributed by atoms with E-state index in [9.17, 15) is 18.0 Å². The Morgan fingerprint density at radius 2 is 1.79 bits per heavy atom. The summed E-state index contributed by atoms with van der Waals surface area (Å²) in [5.74, 6) is 0.959. The lowest BCUT2D eigenvalue weighted by Gasteiger charge is -2.31.